The lowest BCUT2D eigenvalue weighted by molar-refractivity contribution is 0.642. The molecule has 0 amide bonds. The van der Waals surface area contributed by atoms with Gasteiger partial charge in [0.05, 0.1) is 27.9 Å². The first-order chi connectivity index (χ1) is 16.6. The monoisotopic (exact) mass is 469 g/mol. The van der Waals surface area contributed by atoms with Crippen molar-refractivity contribution in [3.05, 3.63) is 99.1 Å². The molecule has 8 heteroatoms. The summed E-state index contributed by atoms with van der Waals surface area (Å²) < 4.78 is 2.90. The van der Waals surface area contributed by atoms with E-state index < -0.39 is 0 Å². The van der Waals surface area contributed by atoms with Crippen LogP contribution in [0, 0.1) is 0 Å². The fourth-order valence-electron chi connectivity index (χ4n) is 3.85. The van der Waals surface area contributed by atoms with Gasteiger partial charge in [-0.15, -0.1) is 5.10 Å². The fraction of sp³-hybridized carbons (Fsp3) is 0.192. The lowest BCUT2D eigenvalue weighted by Gasteiger charge is -2.15. The van der Waals surface area contributed by atoms with Crippen molar-refractivity contribution in [1.82, 2.24) is 24.5 Å². The highest BCUT2D eigenvalue weighted by Crippen LogP contribution is 2.24. The van der Waals surface area contributed by atoms with Crippen LogP contribution in [0.25, 0.3) is 27.5 Å². The van der Waals surface area contributed by atoms with Crippen LogP contribution in [0.4, 0.5) is 0 Å². The van der Waals surface area contributed by atoms with Crippen LogP contribution in [0.15, 0.2) is 87.5 Å². The van der Waals surface area contributed by atoms with Crippen molar-refractivity contribution in [2.75, 3.05) is 0 Å². The molecule has 0 N–H and O–H groups in total. The van der Waals surface area contributed by atoms with Crippen LogP contribution in [0.3, 0.4) is 0 Å². The molecule has 7 nitrogen and oxygen atoms in total. The summed E-state index contributed by atoms with van der Waals surface area (Å²) in [5, 5.41) is 9.75. The van der Waals surface area contributed by atoms with E-state index in [-0.39, 0.29) is 17.0 Å². The fourth-order valence-corrected chi connectivity index (χ4v) is 4.74. The molecule has 5 rings (SSSR count). The minimum Gasteiger partial charge on any atom is -0.268 e. The van der Waals surface area contributed by atoms with Gasteiger partial charge in [0.15, 0.2) is 5.16 Å². The maximum absolute atomic E-state index is 13.5. The second kappa shape index (κ2) is 9.23. The van der Waals surface area contributed by atoms with Gasteiger partial charge >= 0.3 is 0 Å². The molecule has 3 aromatic carbocycles. The number of nitrogens with zero attached hydrogens (tertiary/aromatic N) is 5. The molecule has 0 fully saturated rings. The highest BCUT2D eigenvalue weighted by molar-refractivity contribution is 7.98. The number of benzene rings is 3. The van der Waals surface area contributed by atoms with E-state index in [0.29, 0.717) is 32.9 Å². The predicted molar refractivity (Wildman–Crippen MR) is 136 cm³/mol. The Kier molecular flexibility index (Phi) is 5.98. The Hall–Kier alpha value is -3.78. The van der Waals surface area contributed by atoms with Crippen molar-refractivity contribution < 1.29 is 0 Å². The van der Waals surface area contributed by atoms with Gasteiger partial charge in [0.25, 0.3) is 11.1 Å². The Morgan fingerprint density at radius 1 is 0.853 bits per heavy atom. The van der Waals surface area contributed by atoms with Gasteiger partial charge in [-0.05, 0) is 54.3 Å². The first-order valence-corrected chi connectivity index (χ1v) is 12.1. The standard InChI is InChI=1S/C26H23N5O2S/c1-3-17(2)18-12-14-19(15-13-18)31-25(33)20-8-4-6-10-22(20)27-26(31)34-16-30-24(32)21-9-5-7-11-23(21)28-29-30/h4-15,17H,3,16H2,1-2H3. The van der Waals surface area contributed by atoms with Crippen LogP contribution in [0.1, 0.15) is 31.7 Å². The molecule has 1 atom stereocenters. The minimum atomic E-state index is -0.231. The number of hydrogen-bond acceptors (Lipinski definition) is 6. The largest absolute Gasteiger partial charge is 0.278 e. The van der Waals surface area contributed by atoms with Crippen molar-refractivity contribution in [2.45, 2.75) is 37.2 Å². The summed E-state index contributed by atoms with van der Waals surface area (Å²) in [5.74, 6) is 0.611. The highest BCUT2D eigenvalue weighted by Gasteiger charge is 2.15. The van der Waals surface area contributed by atoms with Gasteiger partial charge in [0.2, 0.25) is 0 Å². The smallest absolute Gasteiger partial charge is 0.268 e. The quantitative estimate of drug-likeness (QED) is 0.264. The number of fused-ring (bicyclic) bond motifs is 2. The zero-order valence-corrected chi connectivity index (χ0v) is 19.7. The van der Waals surface area contributed by atoms with Gasteiger partial charge in [0, 0.05) is 0 Å². The van der Waals surface area contributed by atoms with Crippen LogP contribution in [-0.4, -0.2) is 24.5 Å². The third-order valence-electron chi connectivity index (χ3n) is 6.02. The van der Waals surface area contributed by atoms with Gasteiger partial charge < -0.3 is 0 Å². The lowest BCUT2D eigenvalue weighted by atomic mass is 9.98. The molecular weight excluding hydrogens is 446 g/mol. The van der Waals surface area contributed by atoms with E-state index in [1.54, 1.807) is 28.8 Å². The number of thioether (sulfide) groups is 1. The van der Waals surface area contributed by atoms with E-state index in [1.165, 1.54) is 22.0 Å². The molecule has 170 valence electrons. The summed E-state index contributed by atoms with van der Waals surface area (Å²) in [5.41, 5.74) is 2.73. The van der Waals surface area contributed by atoms with E-state index in [4.69, 9.17) is 4.98 Å². The van der Waals surface area contributed by atoms with Crippen LogP contribution < -0.4 is 11.1 Å². The van der Waals surface area contributed by atoms with Crippen molar-refractivity contribution in [2.24, 2.45) is 0 Å². The van der Waals surface area contributed by atoms with Gasteiger partial charge in [-0.3, -0.25) is 14.2 Å². The number of rotatable bonds is 6. The van der Waals surface area contributed by atoms with E-state index in [1.807, 2.05) is 36.4 Å². The summed E-state index contributed by atoms with van der Waals surface area (Å²) in [6.07, 6.45) is 1.04. The molecule has 0 radical (unpaired) electrons. The minimum absolute atomic E-state index is 0.152. The first-order valence-electron chi connectivity index (χ1n) is 11.1. The van der Waals surface area contributed by atoms with E-state index >= 15 is 0 Å². The van der Waals surface area contributed by atoms with Crippen molar-refractivity contribution in [1.29, 1.82) is 0 Å². The Labute approximate surface area is 200 Å². The third kappa shape index (κ3) is 4.01. The van der Waals surface area contributed by atoms with Crippen LogP contribution in [0.2, 0.25) is 0 Å². The van der Waals surface area contributed by atoms with Crippen molar-refractivity contribution >= 4 is 33.6 Å². The molecule has 0 bridgehead atoms. The molecule has 0 saturated carbocycles. The Balaban J connectivity index is 1.58. The molecule has 2 aromatic heterocycles. The molecule has 1 unspecified atom stereocenters. The predicted octanol–water partition coefficient (Wildman–Crippen LogP) is 4.75. The first kappa shape index (κ1) is 22.0. The van der Waals surface area contributed by atoms with Gasteiger partial charge in [-0.2, -0.15) is 4.68 Å². The van der Waals surface area contributed by atoms with Crippen molar-refractivity contribution in [3.63, 3.8) is 0 Å². The number of aromatic nitrogens is 5. The summed E-state index contributed by atoms with van der Waals surface area (Å²) >= 11 is 1.27. The molecule has 34 heavy (non-hydrogen) atoms. The van der Waals surface area contributed by atoms with Gasteiger partial charge in [-0.1, -0.05) is 67.2 Å². The normalized spacial score (nSPS) is 12.3. The molecule has 0 aliphatic rings. The van der Waals surface area contributed by atoms with Gasteiger partial charge in [-0.25, -0.2) is 4.98 Å². The average molecular weight is 470 g/mol. The SMILES string of the molecule is CCC(C)c1ccc(-n2c(SCn3nnc4ccccc4c3=O)nc3ccccc3c2=O)cc1. The van der Waals surface area contributed by atoms with E-state index in [9.17, 15) is 9.59 Å². The topological polar surface area (TPSA) is 82.7 Å². The number of para-hydroxylation sites is 1. The Bertz CT molecular complexity index is 1610. The molecule has 0 aliphatic heterocycles. The summed E-state index contributed by atoms with van der Waals surface area (Å²) in [7, 11) is 0. The molecular formula is C26H23N5O2S. The Morgan fingerprint density at radius 2 is 1.50 bits per heavy atom. The van der Waals surface area contributed by atoms with Crippen LogP contribution >= 0.6 is 11.8 Å². The zero-order chi connectivity index (χ0) is 23.7. The van der Waals surface area contributed by atoms with Crippen molar-refractivity contribution in [3.8, 4) is 5.69 Å². The zero-order valence-electron chi connectivity index (χ0n) is 18.9. The maximum atomic E-state index is 13.5. The molecule has 0 aliphatic carbocycles. The van der Waals surface area contributed by atoms with Gasteiger partial charge in [0.1, 0.15) is 5.52 Å². The molecule has 5 aromatic rings. The van der Waals surface area contributed by atoms with E-state index in [2.05, 4.69) is 36.3 Å². The van der Waals surface area contributed by atoms with E-state index in [0.717, 1.165) is 12.1 Å². The summed E-state index contributed by atoms with van der Waals surface area (Å²) in [6.45, 7) is 4.34. The second-order valence-corrected chi connectivity index (χ2v) is 9.05. The van der Waals surface area contributed by atoms with Crippen LogP contribution in [0.5, 0.6) is 0 Å². The summed E-state index contributed by atoms with van der Waals surface area (Å²) in [4.78, 5) is 31.1. The molecule has 0 spiro atoms. The maximum Gasteiger partial charge on any atom is 0.278 e. The third-order valence-corrected chi connectivity index (χ3v) is 6.93. The summed E-state index contributed by atoms with van der Waals surface area (Å²) in [6, 6.07) is 22.4. The highest BCUT2D eigenvalue weighted by atomic mass is 32.2. The van der Waals surface area contributed by atoms with Crippen LogP contribution in [-0.2, 0) is 5.88 Å². The molecule has 2 heterocycles. The Morgan fingerprint density at radius 3 is 2.21 bits per heavy atom. The molecule has 0 saturated heterocycles. The average Bonchev–Trinajstić information content (AvgIpc) is 2.88. The number of hydrogen-bond donors (Lipinski definition) is 0. The lowest BCUT2D eigenvalue weighted by Crippen LogP contribution is -2.25. The second-order valence-electron chi connectivity index (χ2n) is 8.14.